The van der Waals surface area contributed by atoms with Crippen molar-refractivity contribution < 1.29 is 23.1 Å². The predicted octanol–water partition coefficient (Wildman–Crippen LogP) is 1.91. The molecule has 0 radical (unpaired) electrons. The number of hydrogen-bond acceptors (Lipinski definition) is 4. The van der Waals surface area contributed by atoms with Gasteiger partial charge < -0.3 is 10.4 Å². The molecule has 0 unspecified atom stereocenters. The lowest BCUT2D eigenvalue weighted by Gasteiger charge is -2.22. The van der Waals surface area contributed by atoms with Gasteiger partial charge in [0.25, 0.3) is 0 Å². The van der Waals surface area contributed by atoms with Gasteiger partial charge in [-0.15, -0.1) is 0 Å². The van der Waals surface area contributed by atoms with Crippen molar-refractivity contribution in [2.75, 3.05) is 11.6 Å². The molecular formula is C12H14BrNO5S. The van der Waals surface area contributed by atoms with Crippen molar-refractivity contribution in [1.82, 2.24) is 0 Å². The number of rotatable bonds is 4. The summed E-state index contributed by atoms with van der Waals surface area (Å²) in [4.78, 5) is 23.1. The van der Waals surface area contributed by atoms with Gasteiger partial charge in [-0.1, -0.05) is 15.9 Å². The van der Waals surface area contributed by atoms with Gasteiger partial charge in [0.2, 0.25) is 5.91 Å². The van der Waals surface area contributed by atoms with Crippen LogP contribution in [0.15, 0.2) is 22.7 Å². The van der Waals surface area contributed by atoms with E-state index in [1.54, 1.807) is 0 Å². The maximum atomic E-state index is 12.1. The molecule has 0 aliphatic rings. The zero-order valence-electron chi connectivity index (χ0n) is 11.1. The van der Waals surface area contributed by atoms with Gasteiger partial charge in [-0.2, -0.15) is 0 Å². The summed E-state index contributed by atoms with van der Waals surface area (Å²) in [6.07, 6.45) is 0.950. The quantitative estimate of drug-likeness (QED) is 0.850. The number of hydrogen-bond donors (Lipinski definition) is 2. The van der Waals surface area contributed by atoms with Crippen molar-refractivity contribution in [3.8, 4) is 0 Å². The van der Waals surface area contributed by atoms with Crippen LogP contribution in [0.3, 0.4) is 0 Å². The molecule has 0 spiro atoms. The summed E-state index contributed by atoms with van der Waals surface area (Å²) in [5.74, 6) is -2.01. The maximum Gasteiger partial charge on any atom is 0.337 e. The van der Waals surface area contributed by atoms with Gasteiger partial charge in [-0.3, -0.25) is 4.79 Å². The summed E-state index contributed by atoms with van der Waals surface area (Å²) >= 11 is 3.16. The van der Waals surface area contributed by atoms with Crippen LogP contribution in [-0.2, 0) is 14.6 Å². The fraction of sp³-hybridized carbons (Fsp3) is 0.333. The van der Waals surface area contributed by atoms with E-state index >= 15 is 0 Å². The van der Waals surface area contributed by atoms with Gasteiger partial charge in [-0.25, -0.2) is 13.2 Å². The van der Waals surface area contributed by atoms with Gasteiger partial charge in [-0.05, 0) is 32.0 Å². The lowest BCUT2D eigenvalue weighted by Crippen LogP contribution is -2.44. The van der Waals surface area contributed by atoms with Crippen molar-refractivity contribution >= 4 is 43.3 Å². The second-order valence-electron chi connectivity index (χ2n) is 4.73. The van der Waals surface area contributed by atoms with Crippen molar-refractivity contribution in [2.24, 2.45) is 0 Å². The Morgan fingerprint density at radius 3 is 2.30 bits per heavy atom. The van der Waals surface area contributed by atoms with E-state index in [9.17, 15) is 18.0 Å². The fourth-order valence-corrected chi connectivity index (χ4v) is 2.00. The molecule has 20 heavy (non-hydrogen) atoms. The first kappa shape index (κ1) is 16.6. The van der Waals surface area contributed by atoms with Crippen LogP contribution < -0.4 is 5.32 Å². The molecule has 0 aromatic heterocycles. The molecule has 1 aromatic carbocycles. The molecule has 110 valence electrons. The Kier molecular flexibility index (Phi) is 4.60. The number of carbonyl (C=O) groups excluding carboxylic acids is 1. The molecule has 0 saturated heterocycles. The zero-order chi connectivity index (χ0) is 15.7. The highest BCUT2D eigenvalue weighted by molar-refractivity contribution is 9.10. The number of benzene rings is 1. The van der Waals surface area contributed by atoms with Crippen molar-refractivity contribution in [2.45, 2.75) is 18.6 Å². The third-order valence-electron chi connectivity index (χ3n) is 2.93. The van der Waals surface area contributed by atoms with Gasteiger partial charge in [0.05, 0.1) is 11.3 Å². The summed E-state index contributed by atoms with van der Waals surface area (Å²) in [5.41, 5.74) is -0.0838. The van der Waals surface area contributed by atoms with Crippen molar-refractivity contribution in [3.05, 3.63) is 28.2 Å². The van der Waals surface area contributed by atoms with Crippen LogP contribution >= 0.6 is 15.9 Å². The fourth-order valence-electron chi connectivity index (χ4n) is 1.25. The number of anilines is 1. The molecule has 1 rings (SSSR count). The van der Waals surface area contributed by atoms with Crippen LogP contribution in [0.4, 0.5) is 5.69 Å². The van der Waals surface area contributed by atoms with Crippen LogP contribution in [0, 0.1) is 0 Å². The SMILES string of the molecule is CC(C)(C(=O)Nc1cc(Br)ccc1C(=O)O)S(C)(=O)=O. The Balaban J connectivity index is 3.21. The number of carboxylic acid groups (broad SMARTS) is 1. The summed E-state index contributed by atoms with van der Waals surface area (Å²) in [6, 6.07) is 4.23. The highest BCUT2D eigenvalue weighted by atomic mass is 79.9. The van der Waals surface area contributed by atoms with Crippen LogP contribution in [0.1, 0.15) is 24.2 Å². The van der Waals surface area contributed by atoms with E-state index in [2.05, 4.69) is 21.2 Å². The number of nitrogens with one attached hydrogen (secondary N) is 1. The Morgan fingerprint density at radius 1 is 1.30 bits per heavy atom. The molecular weight excluding hydrogens is 350 g/mol. The second-order valence-corrected chi connectivity index (χ2v) is 8.21. The van der Waals surface area contributed by atoms with E-state index in [1.807, 2.05) is 0 Å². The number of carboxylic acids is 1. The Labute approximate surface area is 125 Å². The van der Waals surface area contributed by atoms with E-state index in [1.165, 1.54) is 32.0 Å². The third-order valence-corrected chi connectivity index (χ3v) is 5.47. The highest BCUT2D eigenvalue weighted by Gasteiger charge is 2.38. The smallest absolute Gasteiger partial charge is 0.337 e. The molecule has 0 aliphatic carbocycles. The van der Waals surface area contributed by atoms with Crippen LogP contribution in [-0.4, -0.2) is 36.4 Å². The average molecular weight is 364 g/mol. The first-order valence-corrected chi connectivity index (χ1v) is 8.19. The van der Waals surface area contributed by atoms with Crippen molar-refractivity contribution in [3.63, 3.8) is 0 Å². The minimum absolute atomic E-state index is 0.0357. The second kappa shape index (κ2) is 5.53. The predicted molar refractivity (Wildman–Crippen MR) is 78.7 cm³/mol. The molecule has 0 saturated carbocycles. The molecule has 0 aliphatic heterocycles. The zero-order valence-corrected chi connectivity index (χ0v) is 13.5. The molecule has 1 aromatic rings. The van der Waals surface area contributed by atoms with Crippen LogP contribution in [0.2, 0.25) is 0 Å². The molecule has 2 N–H and O–H groups in total. The number of sulfone groups is 1. The number of aromatic carboxylic acids is 1. The molecule has 0 atom stereocenters. The van der Waals surface area contributed by atoms with E-state index in [0.29, 0.717) is 4.47 Å². The average Bonchev–Trinajstić information content (AvgIpc) is 2.26. The van der Waals surface area contributed by atoms with E-state index in [0.717, 1.165) is 6.26 Å². The van der Waals surface area contributed by atoms with Gasteiger partial charge in [0, 0.05) is 10.7 Å². The summed E-state index contributed by atoms with van der Waals surface area (Å²) in [6.45, 7) is 2.52. The third kappa shape index (κ3) is 3.37. The standard InChI is InChI=1S/C12H14BrNO5S/c1-12(2,20(3,18)19)11(17)14-9-6-7(13)4-5-8(9)10(15)16/h4-6H,1-3H3,(H,14,17)(H,15,16). The molecule has 0 fully saturated rings. The topological polar surface area (TPSA) is 101 Å². The van der Waals surface area contributed by atoms with E-state index in [4.69, 9.17) is 5.11 Å². The number of halogens is 1. The Morgan fingerprint density at radius 2 is 1.85 bits per heavy atom. The number of amides is 1. The molecule has 6 nitrogen and oxygen atoms in total. The maximum absolute atomic E-state index is 12.1. The minimum atomic E-state index is -3.64. The molecule has 0 bridgehead atoms. The summed E-state index contributed by atoms with van der Waals surface area (Å²) < 4.78 is 22.1. The van der Waals surface area contributed by atoms with Crippen LogP contribution in [0.5, 0.6) is 0 Å². The first-order valence-electron chi connectivity index (χ1n) is 5.50. The monoisotopic (exact) mass is 363 g/mol. The van der Waals surface area contributed by atoms with E-state index < -0.39 is 26.5 Å². The number of carbonyl (C=O) groups is 2. The largest absolute Gasteiger partial charge is 0.478 e. The Bertz CT molecular complexity index is 666. The van der Waals surface area contributed by atoms with Gasteiger partial charge in [0.15, 0.2) is 9.84 Å². The molecule has 8 heteroatoms. The normalized spacial score (nSPS) is 12.0. The van der Waals surface area contributed by atoms with Crippen LogP contribution in [0.25, 0.3) is 0 Å². The van der Waals surface area contributed by atoms with Crippen molar-refractivity contribution in [1.29, 1.82) is 0 Å². The summed E-state index contributed by atoms with van der Waals surface area (Å²) in [5, 5.41) is 11.4. The molecule has 0 heterocycles. The van der Waals surface area contributed by atoms with Gasteiger partial charge >= 0.3 is 5.97 Å². The molecule has 1 amide bonds. The summed E-state index contributed by atoms with van der Waals surface area (Å²) in [7, 11) is -3.64. The highest BCUT2D eigenvalue weighted by Crippen LogP contribution is 2.24. The van der Waals surface area contributed by atoms with E-state index in [-0.39, 0.29) is 11.3 Å². The van der Waals surface area contributed by atoms with Gasteiger partial charge in [0.1, 0.15) is 4.75 Å². The Hall–Kier alpha value is -1.41. The lowest BCUT2D eigenvalue weighted by atomic mass is 10.1. The minimum Gasteiger partial charge on any atom is -0.478 e. The first-order chi connectivity index (χ1) is 8.96. The lowest BCUT2D eigenvalue weighted by molar-refractivity contribution is -0.117.